The minimum atomic E-state index is -0.679. The van der Waals surface area contributed by atoms with Crippen molar-refractivity contribution in [2.45, 2.75) is 12.5 Å². The number of hydrogen-bond donors (Lipinski definition) is 1. The van der Waals surface area contributed by atoms with Gasteiger partial charge in [-0.2, -0.15) is 0 Å². The molecule has 174 valence electrons. The molecule has 1 aromatic heterocycles. The van der Waals surface area contributed by atoms with E-state index in [1.54, 1.807) is 36.3 Å². The van der Waals surface area contributed by atoms with E-state index in [2.05, 4.69) is 4.90 Å². The van der Waals surface area contributed by atoms with Crippen LogP contribution in [0, 0.1) is 0 Å². The highest BCUT2D eigenvalue weighted by Crippen LogP contribution is 2.38. The summed E-state index contributed by atoms with van der Waals surface area (Å²) < 4.78 is 15.9. The highest BCUT2D eigenvalue weighted by Gasteiger charge is 2.42. The van der Waals surface area contributed by atoms with Crippen molar-refractivity contribution in [3.63, 3.8) is 0 Å². The number of amides is 1. The summed E-state index contributed by atoms with van der Waals surface area (Å²) in [5.41, 5.74) is 0.800. The summed E-state index contributed by atoms with van der Waals surface area (Å²) >= 11 is 0. The number of allylic oxidation sites excluding steroid dienone is 1. The average Bonchev–Trinajstić information content (AvgIpc) is 3.46. The van der Waals surface area contributed by atoms with Gasteiger partial charge in [-0.05, 0) is 48.4 Å². The number of methoxy groups -OCH3 is 1. The average molecular weight is 453 g/mol. The first-order valence-corrected chi connectivity index (χ1v) is 11.0. The van der Waals surface area contributed by atoms with E-state index in [9.17, 15) is 14.7 Å². The second kappa shape index (κ2) is 10.5. The Balaban J connectivity index is 1.57. The van der Waals surface area contributed by atoms with Crippen LogP contribution < -0.4 is 4.74 Å². The lowest BCUT2D eigenvalue weighted by Gasteiger charge is -2.30. The second-order valence-corrected chi connectivity index (χ2v) is 7.96. The number of aliphatic hydroxyl groups excluding tert-OH is 1. The topological polar surface area (TPSA) is 92.5 Å². The Kier molecular flexibility index (Phi) is 7.26. The Hall–Kier alpha value is -3.36. The zero-order valence-corrected chi connectivity index (χ0v) is 18.6. The summed E-state index contributed by atoms with van der Waals surface area (Å²) in [5.74, 6) is -0.297. The van der Waals surface area contributed by atoms with Crippen LogP contribution in [-0.2, 0) is 14.3 Å². The van der Waals surface area contributed by atoms with Gasteiger partial charge in [-0.25, -0.2) is 0 Å². The Morgan fingerprint density at radius 2 is 1.94 bits per heavy atom. The molecule has 8 heteroatoms. The van der Waals surface area contributed by atoms with Crippen LogP contribution in [0.5, 0.6) is 5.75 Å². The third kappa shape index (κ3) is 5.18. The molecule has 3 heterocycles. The van der Waals surface area contributed by atoms with Gasteiger partial charge in [0.05, 0.1) is 38.2 Å². The molecule has 1 N–H and O–H groups in total. The number of nitrogens with zero attached hydrogens (tertiary/aromatic N) is 2. The van der Waals surface area contributed by atoms with Gasteiger partial charge < -0.3 is 23.9 Å². The summed E-state index contributed by atoms with van der Waals surface area (Å²) in [6.45, 7) is 4.36. The lowest BCUT2D eigenvalue weighted by Crippen LogP contribution is -2.39. The van der Waals surface area contributed by atoms with Crippen molar-refractivity contribution in [2.75, 3.05) is 46.5 Å². The van der Waals surface area contributed by atoms with Crippen LogP contribution in [0.25, 0.3) is 6.08 Å². The molecular formula is C25H28N2O6. The Labute approximate surface area is 192 Å². The van der Waals surface area contributed by atoms with Gasteiger partial charge in [0.1, 0.15) is 11.5 Å². The summed E-state index contributed by atoms with van der Waals surface area (Å²) in [6.07, 6.45) is 5.08. The maximum absolute atomic E-state index is 13.1. The molecule has 1 fully saturated rings. The Bertz CT molecular complexity index is 1020. The number of benzene rings is 1. The summed E-state index contributed by atoms with van der Waals surface area (Å²) in [4.78, 5) is 30.0. The normalized spacial score (nSPS) is 19.6. The van der Waals surface area contributed by atoms with Gasteiger partial charge in [-0.15, -0.1) is 0 Å². The molecule has 1 unspecified atom stereocenters. The van der Waals surface area contributed by atoms with E-state index in [0.717, 1.165) is 31.6 Å². The molecule has 0 bridgehead atoms. The number of carbonyl (C=O) groups excluding carboxylic acids is 2. The number of carbonyl (C=O) groups is 2. The summed E-state index contributed by atoms with van der Waals surface area (Å²) in [5, 5.41) is 10.7. The van der Waals surface area contributed by atoms with E-state index in [1.807, 2.05) is 12.1 Å². The van der Waals surface area contributed by atoms with Gasteiger partial charge in [-0.3, -0.25) is 14.5 Å². The summed E-state index contributed by atoms with van der Waals surface area (Å²) in [7, 11) is 1.58. The summed E-state index contributed by atoms with van der Waals surface area (Å²) in [6, 6.07) is 9.94. The van der Waals surface area contributed by atoms with Crippen LogP contribution >= 0.6 is 0 Å². The standard InChI is InChI=1S/C25H28N2O6/c1-31-19-7-5-18(6-8-19)23-22(21(28)10-9-20-4-2-15-33-20)24(29)25(30)27(23)12-3-11-26-13-16-32-17-14-26/h2,4-10,15,23,29H,3,11-14,16-17H2,1H3. The molecule has 4 rings (SSSR count). The molecule has 1 atom stereocenters. The van der Waals surface area contributed by atoms with Gasteiger partial charge >= 0.3 is 0 Å². The van der Waals surface area contributed by atoms with Crippen LogP contribution in [0.1, 0.15) is 23.8 Å². The molecule has 1 aromatic carbocycles. The molecule has 8 nitrogen and oxygen atoms in total. The first-order chi connectivity index (χ1) is 16.1. The fourth-order valence-electron chi connectivity index (χ4n) is 4.19. The molecule has 33 heavy (non-hydrogen) atoms. The molecule has 1 amide bonds. The maximum Gasteiger partial charge on any atom is 0.290 e. The van der Waals surface area contributed by atoms with Gasteiger partial charge in [0.15, 0.2) is 11.5 Å². The minimum absolute atomic E-state index is 0.0688. The molecular weight excluding hydrogens is 424 g/mol. The van der Waals surface area contributed by atoms with Crippen LogP contribution in [-0.4, -0.2) is 73.1 Å². The fourth-order valence-corrected chi connectivity index (χ4v) is 4.19. The number of hydrogen-bond acceptors (Lipinski definition) is 7. The molecule has 0 radical (unpaired) electrons. The first kappa shape index (κ1) is 22.8. The highest BCUT2D eigenvalue weighted by atomic mass is 16.5. The van der Waals surface area contributed by atoms with E-state index in [0.29, 0.717) is 31.3 Å². The molecule has 2 aromatic rings. The molecule has 2 aliphatic heterocycles. The molecule has 0 aliphatic carbocycles. The van der Waals surface area contributed by atoms with Gasteiger partial charge in [0.25, 0.3) is 5.91 Å². The van der Waals surface area contributed by atoms with Crippen molar-refractivity contribution in [3.8, 4) is 5.75 Å². The van der Waals surface area contributed by atoms with Gasteiger partial charge in [0, 0.05) is 26.2 Å². The molecule has 0 spiro atoms. The first-order valence-electron chi connectivity index (χ1n) is 11.0. The molecule has 2 aliphatic rings. The van der Waals surface area contributed by atoms with Crippen molar-refractivity contribution in [2.24, 2.45) is 0 Å². The van der Waals surface area contributed by atoms with E-state index in [-0.39, 0.29) is 5.57 Å². The zero-order chi connectivity index (χ0) is 23.2. The van der Waals surface area contributed by atoms with Gasteiger partial charge in [0.2, 0.25) is 0 Å². The highest BCUT2D eigenvalue weighted by molar-refractivity contribution is 6.14. The second-order valence-electron chi connectivity index (χ2n) is 7.96. The number of rotatable bonds is 9. The zero-order valence-electron chi connectivity index (χ0n) is 18.6. The van der Waals surface area contributed by atoms with Crippen LogP contribution in [0.15, 0.2) is 64.5 Å². The van der Waals surface area contributed by atoms with Gasteiger partial charge in [-0.1, -0.05) is 12.1 Å². The van der Waals surface area contributed by atoms with E-state index < -0.39 is 23.5 Å². The largest absolute Gasteiger partial charge is 0.503 e. The third-order valence-corrected chi connectivity index (χ3v) is 5.92. The van der Waals surface area contributed by atoms with Crippen molar-refractivity contribution in [1.82, 2.24) is 9.80 Å². The number of ether oxygens (including phenoxy) is 2. The Morgan fingerprint density at radius 1 is 1.18 bits per heavy atom. The lowest BCUT2D eigenvalue weighted by atomic mass is 9.95. The van der Waals surface area contributed by atoms with Crippen molar-refractivity contribution in [3.05, 3.63) is 71.4 Å². The van der Waals surface area contributed by atoms with Crippen LogP contribution in [0.2, 0.25) is 0 Å². The SMILES string of the molecule is COc1ccc(C2C(C(=O)C=Cc3ccco3)=C(O)C(=O)N2CCCN2CCOCC2)cc1. The lowest BCUT2D eigenvalue weighted by molar-refractivity contribution is -0.129. The Morgan fingerprint density at radius 3 is 2.61 bits per heavy atom. The van der Waals surface area contributed by atoms with Crippen molar-refractivity contribution < 1.29 is 28.6 Å². The predicted octanol–water partition coefficient (Wildman–Crippen LogP) is 2.99. The molecule has 0 saturated carbocycles. The van der Waals surface area contributed by atoms with Crippen molar-refractivity contribution in [1.29, 1.82) is 0 Å². The van der Waals surface area contributed by atoms with E-state index in [4.69, 9.17) is 13.9 Å². The smallest absolute Gasteiger partial charge is 0.290 e. The predicted molar refractivity (Wildman–Crippen MR) is 122 cm³/mol. The van der Waals surface area contributed by atoms with Crippen molar-refractivity contribution >= 4 is 17.8 Å². The third-order valence-electron chi connectivity index (χ3n) is 5.92. The fraction of sp³-hybridized carbons (Fsp3) is 0.360. The van der Waals surface area contributed by atoms with Crippen LogP contribution in [0.4, 0.5) is 0 Å². The number of morpholine rings is 1. The van der Waals surface area contributed by atoms with Crippen LogP contribution in [0.3, 0.4) is 0 Å². The quantitative estimate of drug-likeness (QED) is 0.585. The maximum atomic E-state index is 13.1. The monoisotopic (exact) mass is 452 g/mol. The number of ketones is 1. The number of aliphatic hydroxyl groups is 1. The number of furan rings is 1. The van der Waals surface area contributed by atoms with E-state index in [1.165, 1.54) is 18.4 Å². The minimum Gasteiger partial charge on any atom is -0.503 e. The van der Waals surface area contributed by atoms with E-state index >= 15 is 0 Å². The molecule has 1 saturated heterocycles.